The van der Waals surface area contributed by atoms with Gasteiger partial charge in [-0.05, 0) is 18.9 Å². The molecule has 1 fully saturated rings. The maximum absolute atomic E-state index is 12.5. The van der Waals surface area contributed by atoms with Crippen LogP contribution in [0.1, 0.15) is 45.3 Å². The lowest BCUT2D eigenvalue weighted by molar-refractivity contribution is -0.122. The smallest absolute Gasteiger partial charge is 0.229 e. The SMILES string of the molecule is C=CC(O)N1CCC(C(=O)Nc2ncc(SCc3ncc(C(C)(C)C)o3)s2)CC1. The van der Waals surface area contributed by atoms with Crippen LogP contribution in [0.5, 0.6) is 0 Å². The van der Waals surface area contributed by atoms with Crippen LogP contribution in [-0.4, -0.2) is 45.2 Å². The van der Waals surface area contributed by atoms with Gasteiger partial charge in [0, 0.05) is 24.4 Å². The van der Waals surface area contributed by atoms with Gasteiger partial charge in [-0.1, -0.05) is 38.7 Å². The zero-order chi connectivity index (χ0) is 21.0. The van der Waals surface area contributed by atoms with Gasteiger partial charge in [0.1, 0.15) is 12.0 Å². The lowest BCUT2D eigenvalue weighted by Crippen LogP contribution is -2.42. The number of piperidine rings is 1. The summed E-state index contributed by atoms with van der Waals surface area (Å²) in [6.45, 7) is 11.2. The van der Waals surface area contributed by atoms with Gasteiger partial charge >= 0.3 is 0 Å². The fraction of sp³-hybridized carbons (Fsp3) is 0.550. The Labute approximate surface area is 179 Å². The molecule has 158 valence electrons. The van der Waals surface area contributed by atoms with Gasteiger partial charge in [0.05, 0.1) is 22.4 Å². The molecule has 2 aromatic rings. The molecular formula is C20H28N4O3S2. The van der Waals surface area contributed by atoms with Crippen LogP contribution in [0, 0.1) is 5.92 Å². The van der Waals surface area contributed by atoms with Crippen molar-refractivity contribution in [2.75, 3.05) is 18.4 Å². The minimum absolute atomic E-state index is 0.00818. The molecule has 1 atom stereocenters. The number of amides is 1. The Kier molecular flexibility index (Phi) is 7.15. The zero-order valence-corrected chi connectivity index (χ0v) is 18.7. The molecule has 3 heterocycles. The van der Waals surface area contributed by atoms with E-state index in [-0.39, 0.29) is 17.2 Å². The van der Waals surface area contributed by atoms with Crippen molar-refractivity contribution in [1.29, 1.82) is 0 Å². The summed E-state index contributed by atoms with van der Waals surface area (Å²) < 4.78 is 6.81. The van der Waals surface area contributed by atoms with Crippen LogP contribution in [0.2, 0.25) is 0 Å². The van der Waals surface area contributed by atoms with Crippen molar-refractivity contribution >= 4 is 34.1 Å². The molecule has 2 N–H and O–H groups in total. The highest BCUT2D eigenvalue weighted by atomic mass is 32.2. The number of nitrogens with one attached hydrogen (secondary N) is 1. The van der Waals surface area contributed by atoms with E-state index in [9.17, 15) is 9.90 Å². The standard InChI is InChI=1S/C20H28N4O3S2/c1-5-16(25)24-8-6-13(7-9-24)18(26)23-19-22-11-17(29-19)28-12-15-21-10-14(27-15)20(2,3)4/h5,10-11,13,16,25H,1,6-9,12H2,2-4H3,(H,22,23,26). The summed E-state index contributed by atoms with van der Waals surface area (Å²) in [7, 11) is 0. The molecule has 9 heteroatoms. The number of thioether (sulfide) groups is 1. The number of carbonyl (C=O) groups is 1. The average molecular weight is 437 g/mol. The Morgan fingerprint density at radius 1 is 1.45 bits per heavy atom. The molecule has 0 spiro atoms. The van der Waals surface area contributed by atoms with Gasteiger partial charge in [-0.2, -0.15) is 0 Å². The number of thiazole rings is 1. The van der Waals surface area contributed by atoms with Gasteiger partial charge in [-0.3, -0.25) is 9.69 Å². The fourth-order valence-electron chi connectivity index (χ4n) is 3.02. The topological polar surface area (TPSA) is 91.5 Å². The van der Waals surface area contributed by atoms with E-state index in [0.717, 1.165) is 9.97 Å². The van der Waals surface area contributed by atoms with Crippen LogP contribution in [0.3, 0.4) is 0 Å². The molecule has 29 heavy (non-hydrogen) atoms. The van der Waals surface area contributed by atoms with Crippen LogP contribution in [0.25, 0.3) is 0 Å². The number of aliphatic hydroxyl groups excluding tert-OH is 1. The van der Waals surface area contributed by atoms with Crippen molar-refractivity contribution in [2.24, 2.45) is 5.92 Å². The zero-order valence-electron chi connectivity index (χ0n) is 17.1. The molecule has 0 bridgehead atoms. The number of oxazole rings is 1. The predicted octanol–water partition coefficient (Wildman–Crippen LogP) is 3.88. The number of rotatable bonds is 7. The van der Waals surface area contributed by atoms with Crippen molar-refractivity contribution in [3.05, 3.63) is 36.7 Å². The van der Waals surface area contributed by atoms with E-state index >= 15 is 0 Å². The summed E-state index contributed by atoms with van der Waals surface area (Å²) in [5.41, 5.74) is -0.0578. The summed E-state index contributed by atoms with van der Waals surface area (Å²) in [6, 6.07) is 0. The first-order chi connectivity index (χ1) is 13.8. The van der Waals surface area contributed by atoms with Gasteiger partial charge < -0.3 is 14.8 Å². The number of carbonyl (C=O) groups excluding carboxylic acids is 1. The van der Waals surface area contributed by atoms with Gasteiger partial charge in [0.25, 0.3) is 0 Å². The Balaban J connectivity index is 1.47. The van der Waals surface area contributed by atoms with Crippen LogP contribution >= 0.6 is 23.1 Å². The Morgan fingerprint density at radius 2 is 2.17 bits per heavy atom. The average Bonchev–Trinajstić information content (AvgIpc) is 3.35. The van der Waals surface area contributed by atoms with Gasteiger partial charge in [0.15, 0.2) is 5.13 Å². The Morgan fingerprint density at radius 3 is 2.79 bits per heavy atom. The monoisotopic (exact) mass is 436 g/mol. The quantitative estimate of drug-likeness (QED) is 0.503. The van der Waals surface area contributed by atoms with Crippen molar-refractivity contribution in [3.8, 4) is 0 Å². The molecule has 0 saturated carbocycles. The van der Waals surface area contributed by atoms with E-state index in [0.29, 0.717) is 42.7 Å². The number of likely N-dealkylation sites (tertiary alicyclic amines) is 1. The Hall–Kier alpha value is -1.68. The molecule has 1 amide bonds. The number of anilines is 1. The number of hydrogen-bond acceptors (Lipinski definition) is 8. The molecule has 1 aliphatic heterocycles. The van der Waals surface area contributed by atoms with Crippen molar-refractivity contribution < 1.29 is 14.3 Å². The van der Waals surface area contributed by atoms with Crippen LogP contribution < -0.4 is 5.32 Å². The van der Waals surface area contributed by atoms with E-state index < -0.39 is 6.23 Å². The number of aromatic nitrogens is 2. The lowest BCUT2D eigenvalue weighted by atomic mass is 9.94. The first-order valence-corrected chi connectivity index (χ1v) is 11.5. The maximum atomic E-state index is 12.5. The summed E-state index contributed by atoms with van der Waals surface area (Å²) in [5.74, 6) is 2.11. The van der Waals surface area contributed by atoms with E-state index in [1.807, 2.05) is 4.90 Å². The molecule has 0 aromatic carbocycles. The molecule has 3 rings (SSSR count). The van der Waals surface area contributed by atoms with Gasteiger partial charge in [-0.15, -0.1) is 11.8 Å². The summed E-state index contributed by atoms with van der Waals surface area (Å²) in [5, 5.41) is 13.3. The van der Waals surface area contributed by atoms with E-state index in [1.54, 1.807) is 24.2 Å². The second-order valence-electron chi connectivity index (χ2n) is 8.09. The third kappa shape index (κ3) is 5.91. The second kappa shape index (κ2) is 9.42. The van der Waals surface area contributed by atoms with Crippen molar-refractivity contribution in [1.82, 2.24) is 14.9 Å². The molecular weight excluding hydrogens is 408 g/mol. The third-order valence-electron chi connectivity index (χ3n) is 4.83. The molecule has 1 unspecified atom stereocenters. The van der Waals surface area contributed by atoms with E-state index in [1.165, 1.54) is 17.4 Å². The van der Waals surface area contributed by atoms with E-state index in [4.69, 9.17) is 4.42 Å². The highest BCUT2D eigenvalue weighted by molar-refractivity contribution is 8.00. The molecule has 1 aliphatic rings. The van der Waals surface area contributed by atoms with E-state index in [2.05, 4.69) is 42.6 Å². The van der Waals surface area contributed by atoms with Crippen LogP contribution in [0.15, 0.2) is 33.7 Å². The summed E-state index contributed by atoms with van der Waals surface area (Å²) in [4.78, 5) is 23.1. The molecule has 2 aromatic heterocycles. The van der Waals surface area contributed by atoms with Gasteiger partial charge in [0.2, 0.25) is 11.8 Å². The molecule has 7 nitrogen and oxygen atoms in total. The fourth-order valence-corrected chi connectivity index (χ4v) is 4.75. The van der Waals surface area contributed by atoms with Crippen molar-refractivity contribution in [2.45, 2.75) is 55.2 Å². The van der Waals surface area contributed by atoms with Crippen molar-refractivity contribution in [3.63, 3.8) is 0 Å². The molecule has 0 aliphatic carbocycles. The lowest BCUT2D eigenvalue weighted by Gasteiger charge is -2.33. The normalized spacial score (nSPS) is 17.2. The highest BCUT2D eigenvalue weighted by Crippen LogP contribution is 2.32. The predicted molar refractivity (Wildman–Crippen MR) is 116 cm³/mol. The van der Waals surface area contributed by atoms with Crippen LogP contribution in [-0.2, 0) is 16.0 Å². The molecule has 0 radical (unpaired) electrons. The number of hydrogen-bond donors (Lipinski definition) is 2. The minimum Gasteiger partial charge on any atom is -0.444 e. The minimum atomic E-state index is -0.638. The largest absolute Gasteiger partial charge is 0.444 e. The second-order valence-corrected chi connectivity index (χ2v) is 10.4. The third-order valence-corrected chi connectivity index (χ3v) is 6.92. The van der Waals surface area contributed by atoms with Gasteiger partial charge in [-0.25, -0.2) is 9.97 Å². The maximum Gasteiger partial charge on any atom is 0.229 e. The first kappa shape index (κ1) is 22.0. The Bertz CT molecular complexity index is 835. The number of aliphatic hydroxyl groups is 1. The van der Waals surface area contributed by atoms with Crippen LogP contribution in [0.4, 0.5) is 5.13 Å². The summed E-state index contributed by atoms with van der Waals surface area (Å²) in [6.07, 6.45) is 5.85. The highest BCUT2D eigenvalue weighted by Gasteiger charge is 2.27. The number of nitrogens with zero attached hydrogens (tertiary/aromatic N) is 3. The molecule has 1 saturated heterocycles. The first-order valence-electron chi connectivity index (χ1n) is 9.65. The summed E-state index contributed by atoms with van der Waals surface area (Å²) >= 11 is 3.04.